The number of hydrogen-bond donors (Lipinski definition) is 3. The molecule has 0 amide bonds. The van der Waals surface area contributed by atoms with Crippen molar-refractivity contribution in [2.45, 2.75) is 11.4 Å². The van der Waals surface area contributed by atoms with Gasteiger partial charge in [-0.2, -0.15) is 0 Å². The van der Waals surface area contributed by atoms with Crippen LogP contribution in [0, 0.1) is 0 Å². The Kier molecular flexibility index (Phi) is 6.05. The molecule has 0 saturated heterocycles. The van der Waals surface area contributed by atoms with Gasteiger partial charge in [0.2, 0.25) is 0 Å². The fourth-order valence-corrected chi connectivity index (χ4v) is 3.71. The van der Waals surface area contributed by atoms with Crippen LogP contribution in [0.25, 0.3) is 0 Å². The molecule has 3 aromatic carbocycles. The zero-order valence-corrected chi connectivity index (χ0v) is 16.1. The molecule has 3 aromatic rings. The van der Waals surface area contributed by atoms with Gasteiger partial charge in [-0.25, -0.2) is 8.42 Å². The van der Waals surface area contributed by atoms with Gasteiger partial charge in [0.1, 0.15) is 0 Å². The third kappa shape index (κ3) is 5.54. The smallest absolute Gasteiger partial charge is 0.261 e. The van der Waals surface area contributed by atoms with Crippen LogP contribution >= 0.6 is 12.2 Å². The van der Waals surface area contributed by atoms with Crippen molar-refractivity contribution in [3.8, 4) is 0 Å². The molecule has 5 nitrogen and oxygen atoms in total. The van der Waals surface area contributed by atoms with E-state index in [0.29, 0.717) is 23.0 Å². The maximum atomic E-state index is 12.6. The third-order valence-corrected chi connectivity index (χ3v) is 5.35. The van der Waals surface area contributed by atoms with E-state index in [2.05, 4.69) is 15.4 Å². The molecule has 138 valence electrons. The number of hydrogen-bond acceptors (Lipinski definition) is 3. The van der Waals surface area contributed by atoms with Crippen molar-refractivity contribution in [1.29, 1.82) is 0 Å². The lowest BCUT2D eigenvalue weighted by Gasteiger charge is -2.12. The fraction of sp³-hybridized carbons (Fsp3) is 0.0500. The average Bonchev–Trinajstić information content (AvgIpc) is 2.68. The zero-order valence-electron chi connectivity index (χ0n) is 14.4. The SMILES string of the molecule is O=S(=O)(Nc1ccccc1)c1cccc(NC(=S)NCc2ccccc2)c1. The molecule has 0 radical (unpaired) electrons. The predicted octanol–water partition coefficient (Wildman–Crippen LogP) is 3.97. The summed E-state index contributed by atoms with van der Waals surface area (Å²) in [6, 6.07) is 25.1. The highest BCUT2D eigenvalue weighted by Crippen LogP contribution is 2.19. The van der Waals surface area contributed by atoms with Crippen LogP contribution in [0.1, 0.15) is 5.56 Å². The summed E-state index contributed by atoms with van der Waals surface area (Å²) >= 11 is 5.29. The first-order valence-corrected chi connectivity index (χ1v) is 10.2. The molecule has 0 atom stereocenters. The van der Waals surface area contributed by atoms with E-state index >= 15 is 0 Å². The van der Waals surface area contributed by atoms with Gasteiger partial charge in [0, 0.05) is 17.9 Å². The number of para-hydroxylation sites is 1. The van der Waals surface area contributed by atoms with Crippen molar-refractivity contribution in [2.75, 3.05) is 10.0 Å². The van der Waals surface area contributed by atoms with E-state index in [4.69, 9.17) is 12.2 Å². The van der Waals surface area contributed by atoms with Crippen molar-refractivity contribution in [1.82, 2.24) is 5.32 Å². The second kappa shape index (κ2) is 8.66. The summed E-state index contributed by atoms with van der Waals surface area (Å²) in [4.78, 5) is 0.155. The highest BCUT2D eigenvalue weighted by molar-refractivity contribution is 7.92. The largest absolute Gasteiger partial charge is 0.358 e. The number of nitrogens with one attached hydrogen (secondary N) is 3. The summed E-state index contributed by atoms with van der Waals surface area (Å²) < 4.78 is 27.7. The molecule has 0 bridgehead atoms. The number of benzene rings is 3. The minimum Gasteiger partial charge on any atom is -0.358 e. The maximum absolute atomic E-state index is 12.6. The van der Waals surface area contributed by atoms with Gasteiger partial charge in [0.05, 0.1) is 4.90 Å². The van der Waals surface area contributed by atoms with Gasteiger partial charge < -0.3 is 10.6 Å². The normalized spacial score (nSPS) is 10.8. The topological polar surface area (TPSA) is 70.2 Å². The Morgan fingerprint density at radius 2 is 1.44 bits per heavy atom. The van der Waals surface area contributed by atoms with Crippen molar-refractivity contribution in [3.05, 3.63) is 90.5 Å². The van der Waals surface area contributed by atoms with Crippen molar-refractivity contribution >= 4 is 38.7 Å². The minimum absolute atomic E-state index is 0.155. The van der Waals surface area contributed by atoms with E-state index in [9.17, 15) is 8.42 Å². The standard InChI is InChI=1S/C20H19N3O2S2/c24-27(25,23-17-10-5-2-6-11-17)19-13-7-12-18(14-19)22-20(26)21-15-16-8-3-1-4-9-16/h1-14,23H,15H2,(H2,21,22,26). The van der Waals surface area contributed by atoms with Crippen LogP contribution in [0.5, 0.6) is 0 Å². The van der Waals surface area contributed by atoms with Crippen LogP contribution in [0.15, 0.2) is 89.8 Å². The monoisotopic (exact) mass is 397 g/mol. The van der Waals surface area contributed by atoms with E-state index in [1.54, 1.807) is 42.5 Å². The minimum atomic E-state index is -3.68. The molecule has 0 fully saturated rings. The van der Waals surface area contributed by atoms with Gasteiger partial charge in [-0.3, -0.25) is 4.72 Å². The average molecular weight is 398 g/mol. The molecular weight excluding hydrogens is 378 g/mol. The molecule has 0 aliphatic carbocycles. The first kappa shape index (κ1) is 18.9. The molecular formula is C20H19N3O2S2. The molecule has 27 heavy (non-hydrogen) atoms. The van der Waals surface area contributed by atoms with Gasteiger partial charge in [-0.15, -0.1) is 0 Å². The number of sulfonamides is 1. The number of anilines is 2. The van der Waals surface area contributed by atoms with Gasteiger partial charge in [-0.05, 0) is 48.1 Å². The van der Waals surface area contributed by atoms with E-state index in [1.807, 2.05) is 36.4 Å². The summed E-state index contributed by atoms with van der Waals surface area (Å²) in [5.41, 5.74) is 2.21. The Hall–Kier alpha value is -2.90. The summed E-state index contributed by atoms with van der Waals surface area (Å²) in [6.07, 6.45) is 0. The number of thiocarbonyl (C=S) groups is 1. The summed E-state index contributed by atoms with van der Waals surface area (Å²) in [5.74, 6) is 0. The van der Waals surface area contributed by atoms with Gasteiger partial charge >= 0.3 is 0 Å². The van der Waals surface area contributed by atoms with E-state index < -0.39 is 10.0 Å². The lowest BCUT2D eigenvalue weighted by atomic mass is 10.2. The summed E-state index contributed by atoms with van der Waals surface area (Å²) in [7, 11) is -3.68. The molecule has 3 rings (SSSR count). The Morgan fingerprint density at radius 3 is 2.15 bits per heavy atom. The van der Waals surface area contributed by atoms with E-state index in [0.717, 1.165) is 5.56 Å². The van der Waals surface area contributed by atoms with Crippen LogP contribution in [0.2, 0.25) is 0 Å². The highest BCUT2D eigenvalue weighted by Gasteiger charge is 2.14. The van der Waals surface area contributed by atoms with Crippen LogP contribution in [-0.2, 0) is 16.6 Å². The molecule has 7 heteroatoms. The molecule has 0 aliphatic rings. The molecule has 0 aliphatic heterocycles. The van der Waals surface area contributed by atoms with Gasteiger partial charge in [0.25, 0.3) is 10.0 Å². The second-order valence-electron chi connectivity index (χ2n) is 5.79. The third-order valence-electron chi connectivity index (χ3n) is 3.72. The molecule has 3 N–H and O–H groups in total. The Bertz CT molecular complexity index is 1010. The van der Waals surface area contributed by atoms with Crippen LogP contribution < -0.4 is 15.4 Å². The van der Waals surface area contributed by atoms with Crippen LogP contribution in [0.4, 0.5) is 11.4 Å². The van der Waals surface area contributed by atoms with Gasteiger partial charge in [0.15, 0.2) is 5.11 Å². The van der Waals surface area contributed by atoms with Crippen molar-refractivity contribution in [2.24, 2.45) is 0 Å². The van der Waals surface area contributed by atoms with Crippen LogP contribution in [-0.4, -0.2) is 13.5 Å². The van der Waals surface area contributed by atoms with E-state index in [-0.39, 0.29) is 4.90 Å². The predicted molar refractivity (Wildman–Crippen MR) is 113 cm³/mol. The summed E-state index contributed by atoms with van der Waals surface area (Å²) in [6.45, 7) is 0.584. The Morgan fingerprint density at radius 1 is 0.815 bits per heavy atom. The lowest BCUT2D eigenvalue weighted by molar-refractivity contribution is 0.601. The van der Waals surface area contributed by atoms with Crippen molar-refractivity contribution in [3.63, 3.8) is 0 Å². The number of rotatable bonds is 6. The Labute approximate surface area is 164 Å². The lowest BCUT2D eigenvalue weighted by Crippen LogP contribution is -2.28. The molecule has 0 heterocycles. The highest BCUT2D eigenvalue weighted by atomic mass is 32.2. The summed E-state index contributed by atoms with van der Waals surface area (Å²) in [5, 5.41) is 6.54. The first-order chi connectivity index (χ1) is 13.0. The maximum Gasteiger partial charge on any atom is 0.261 e. The fourth-order valence-electron chi connectivity index (χ4n) is 2.41. The van der Waals surface area contributed by atoms with Crippen molar-refractivity contribution < 1.29 is 8.42 Å². The zero-order chi connectivity index (χ0) is 19.1. The molecule has 0 unspecified atom stereocenters. The molecule has 0 spiro atoms. The molecule has 0 aromatic heterocycles. The van der Waals surface area contributed by atoms with Crippen LogP contribution in [0.3, 0.4) is 0 Å². The first-order valence-electron chi connectivity index (χ1n) is 8.30. The molecule has 0 saturated carbocycles. The second-order valence-corrected chi connectivity index (χ2v) is 7.88. The van der Waals surface area contributed by atoms with E-state index in [1.165, 1.54) is 6.07 Å². The quantitative estimate of drug-likeness (QED) is 0.549. The van der Waals surface area contributed by atoms with Gasteiger partial charge in [-0.1, -0.05) is 54.6 Å². The Balaban J connectivity index is 1.65.